The van der Waals surface area contributed by atoms with Gasteiger partial charge in [-0.25, -0.2) is 8.42 Å². The van der Waals surface area contributed by atoms with Gasteiger partial charge in [-0.05, 0) is 56.2 Å². The summed E-state index contributed by atoms with van der Waals surface area (Å²) in [5.41, 5.74) is 2.13. The average Bonchev–Trinajstić information content (AvgIpc) is 3.29. The third-order valence-corrected chi connectivity index (χ3v) is 7.26. The molecule has 0 bridgehead atoms. The molecule has 7 heteroatoms. The van der Waals surface area contributed by atoms with E-state index in [1.165, 1.54) is 10.6 Å². The number of nitrogens with zero attached hydrogens (tertiary/aromatic N) is 2. The van der Waals surface area contributed by atoms with Gasteiger partial charge in [0.05, 0.1) is 23.7 Å². The van der Waals surface area contributed by atoms with Crippen molar-refractivity contribution in [3.05, 3.63) is 84.3 Å². The molecule has 0 aliphatic carbocycles. The van der Waals surface area contributed by atoms with Gasteiger partial charge in [-0.1, -0.05) is 36.4 Å². The van der Waals surface area contributed by atoms with Crippen LogP contribution in [-0.4, -0.2) is 26.1 Å². The van der Waals surface area contributed by atoms with Crippen LogP contribution >= 0.6 is 0 Å². The highest BCUT2D eigenvalue weighted by atomic mass is 32.2. The quantitative estimate of drug-likeness (QED) is 0.599. The smallest absolute Gasteiger partial charge is 0.294 e. The largest absolute Gasteiger partial charge is 0.459 e. The summed E-state index contributed by atoms with van der Waals surface area (Å²) in [4.78, 5) is 14.8. The van der Waals surface area contributed by atoms with Crippen molar-refractivity contribution in [1.29, 1.82) is 0 Å². The topological polar surface area (TPSA) is 70.8 Å². The summed E-state index contributed by atoms with van der Waals surface area (Å²) in [6.45, 7) is 3.59. The summed E-state index contributed by atoms with van der Waals surface area (Å²) in [5, 5.41) is 0. The molecule has 1 amide bonds. The second-order valence-corrected chi connectivity index (χ2v) is 9.48. The fourth-order valence-electron chi connectivity index (χ4n) is 4.08. The van der Waals surface area contributed by atoms with Gasteiger partial charge in [-0.15, -0.1) is 0 Å². The zero-order chi connectivity index (χ0) is 21.3. The van der Waals surface area contributed by atoms with Crippen LogP contribution in [0.1, 0.15) is 42.4 Å². The fraction of sp³-hybridized carbons (Fsp3) is 0.261. The lowest BCUT2D eigenvalue weighted by Crippen LogP contribution is -2.48. The van der Waals surface area contributed by atoms with Crippen LogP contribution in [0.2, 0.25) is 0 Å². The van der Waals surface area contributed by atoms with Gasteiger partial charge in [0.2, 0.25) is 10.0 Å². The summed E-state index contributed by atoms with van der Waals surface area (Å²) in [6.07, 6.45) is 1.94. The number of hydrogen-bond donors (Lipinski definition) is 0. The van der Waals surface area contributed by atoms with Gasteiger partial charge in [0.15, 0.2) is 5.76 Å². The molecular formula is C23H24N2O4S. The van der Waals surface area contributed by atoms with E-state index in [1.54, 1.807) is 36.1 Å². The third kappa shape index (κ3) is 3.50. The van der Waals surface area contributed by atoms with Gasteiger partial charge in [0, 0.05) is 11.7 Å². The van der Waals surface area contributed by atoms with Crippen LogP contribution in [0, 0.1) is 0 Å². The highest BCUT2D eigenvalue weighted by Crippen LogP contribution is 2.43. The first kappa shape index (κ1) is 20.2. The summed E-state index contributed by atoms with van der Waals surface area (Å²) < 4.78 is 33.1. The van der Waals surface area contributed by atoms with Gasteiger partial charge in [0.1, 0.15) is 0 Å². The first-order chi connectivity index (χ1) is 14.4. The molecule has 1 aliphatic rings. The van der Waals surface area contributed by atoms with Gasteiger partial charge in [-0.2, -0.15) is 0 Å². The first-order valence-electron chi connectivity index (χ1n) is 9.97. The summed E-state index contributed by atoms with van der Waals surface area (Å²) >= 11 is 0. The first-order valence-corrected chi connectivity index (χ1v) is 11.6. The summed E-state index contributed by atoms with van der Waals surface area (Å²) in [7, 11) is -3.55. The van der Waals surface area contributed by atoms with E-state index >= 15 is 0 Å². The van der Waals surface area contributed by atoms with Crippen molar-refractivity contribution in [2.75, 3.05) is 15.0 Å². The third-order valence-electron chi connectivity index (χ3n) is 5.47. The van der Waals surface area contributed by atoms with Crippen LogP contribution < -0.4 is 9.21 Å². The minimum absolute atomic E-state index is 0.00994. The number of furan rings is 1. The standard InChI is InChI=1S/C23H24N2O4S/c1-3-30(27,28)25(18-10-5-4-6-11-18)21-16-17(2)24(20-13-8-7-12-19(20)21)23(26)22-14-9-15-29-22/h4-15,17,21H,3,16H2,1-2H3. The van der Waals surface area contributed by atoms with E-state index in [1.807, 2.05) is 49.4 Å². The lowest BCUT2D eigenvalue weighted by molar-refractivity contribution is 0.0947. The van der Waals surface area contributed by atoms with E-state index in [4.69, 9.17) is 4.42 Å². The maximum absolute atomic E-state index is 13.1. The lowest BCUT2D eigenvalue weighted by atomic mass is 9.91. The number of sulfonamides is 1. The molecule has 0 fully saturated rings. The molecule has 3 aromatic rings. The molecule has 156 valence electrons. The molecule has 0 saturated carbocycles. The van der Waals surface area contributed by atoms with Crippen molar-refractivity contribution in [2.45, 2.75) is 32.4 Å². The van der Waals surface area contributed by atoms with Gasteiger partial charge >= 0.3 is 0 Å². The minimum atomic E-state index is -3.55. The van der Waals surface area contributed by atoms with Crippen molar-refractivity contribution < 1.29 is 17.6 Å². The number of amides is 1. The highest BCUT2D eigenvalue weighted by Gasteiger charge is 2.40. The number of para-hydroxylation sites is 2. The van der Waals surface area contributed by atoms with Crippen LogP contribution in [0.25, 0.3) is 0 Å². The van der Waals surface area contributed by atoms with E-state index < -0.39 is 16.1 Å². The molecule has 6 nitrogen and oxygen atoms in total. The van der Waals surface area contributed by atoms with Gasteiger partial charge in [-0.3, -0.25) is 9.10 Å². The van der Waals surface area contributed by atoms with E-state index in [9.17, 15) is 13.2 Å². The van der Waals surface area contributed by atoms with E-state index in [0.29, 0.717) is 17.8 Å². The number of carbonyl (C=O) groups excluding carboxylic acids is 1. The Morgan fingerprint density at radius 2 is 1.77 bits per heavy atom. The minimum Gasteiger partial charge on any atom is -0.459 e. The number of hydrogen-bond acceptors (Lipinski definition) is 4. The number of fused-ring (bicyclic) bond motifs is 1. The van der Waals surface area contributed by atoms with Crippen molar-refractivity contribution in [2.24, 2.45) is 0 Å². The van der Waals surface area contributed by atoms with Gasteiger partial charge in [0.25, 0.3) is 5.91 Å². The van der Waals surface area contributed by atoms with Crippen molar-refractivity contribution >= 4 is 27.3 Å². The molecule has 0 saturated heterocycles. The molecule has 1 aromatic heterocycles. The number of rotatable bonds is 5. The van der Waals surface area contributed by atoms with Crippen molar-refractivity contribution in [1.82, 2.24) is 0 Å². The van der Waals surface area contributed by atoms with Crippen LogP contribution in [0.5, 0.6) is 0 Å². The fourth-order valence-corrected chi connectivity index (χ4v) is 5.39. The Labute approximate surface area is 176 Å². The molecule has 2 atom stereocenters. The summed E-state index contributed by atoms with van der Waals surface area (Å²) in [5.74, 6) is 0.0171. The Bertz CT molecular complexity index is 1130. The average molecular weight is 425 g/mol. The molecule has 1 aliphatic heterocycles. The van der Waals surface area contributed by atoms with Crippen molar-refractivity contribution in [3.8, 4) is 0 Å². The van der Waals surface area contributed by atoms with E-state index in [2.05, 4.69) is 0 Å². The molecule has 0 N–H and O–H groups in total. The summed E-state index contributed by atoms with van der Waals surface area (Å²) in [6, 6.07) is 19.3. The molecule has 0 radical (unpaired) electrons. The molecule has 2 heterocycles. The SMILES string of the molecule is CCS(=O)(=O)N(c1ccccc1)C1CC(C)N(C(=O)c2ccco2)c2ccccc21. The van der Waals surface area contributed by atoms with Crippen LogP contribution in [0.4, 0.5) is 11.4 Å². The molecular weight excluding hydrogens is 400 g/mol. The Morgan fingerprint density at radius 1 is 1.07 bits per heavy atom. The van der Waals surface area contributed by atoms with Crippen LogP contribution in [-0.2, 0) is 10.0 Å². The van der Waals surface area contributed by atoms with E-state index in [-0.39, 0.29) is 23.5 Å². The van der Waals surface area contributed by atoms with Gasteiger partial charge < -0.3 is 9.32 Å². The molecule has 4 rings (SSSR count). The number of anilines is 2. The molecule has 2 unspecified atom stereocenters. The maximum Gasteiger partial charge on any atom is 0.294 e. The normalized spacial score (nSPS) is 18.7. The Morgan fingerprint density at radius 3 is 2.43 bits per heavy atom. The Hall–Kier alpha value is -3.06. The zero-order valence-electron chi connectivity index (χ0n) is 16.9. The van der Waals surface area contributed by atoms with Crippen LogP contribution in [0.15, 0.2) is 77.4 Å². The second kappa shape index (κ2) is 7.99. The van der Waals surface area contributed by atoms with E-state index in [0.717, 1.165) is 5.56 Å². The number of benzene rings is 2. The maximum atomic E-state index is 13.1. The van der Waals surface area contributed by atoms with Crippen LogP contribution in [0.3, 0.4) is 0 Å². The molecule has 0 spiro atoms. The Balaban J connectivity index is 1.84. The zero-order valence-corrected chi connectivity index (χ0v) is 17.7. The predicted molar refractivity (Wildman–Crippen MR) is 117 cm³/mol. The predicted octanol–water partition coefficient (Wildman–Crippen LogP) is 4.62. The second-order valence-electron chi connectivity index (χ2n) is 7.34. The Kier molecular flexibility index (Phi) is 5.39. The highest BCUT2D eigenvalue weighted by molar-refractivity contribution is 7.92. The number of carbonyl (C=O) groups is 1. The van der Waals surface area contributed by atoms with Crippen molar-refractivity contribution in [3.63, 3.8) is 0 Å². The monoisotopic (exact) mass is 424 g/mol. The molecule has 2 aromatic carbocycles. The molecule has 30 heavy (non-hydrogen) atoms. The lowest BCUT2D eigenvalue weighted by Gasteiger charge is -2.43.